The van der Waals surface area contributed by atoms with E-state index in [1.165, 1.54) is 0 Å². The third kappa shape index (κ3) is 3.40. The number of rotatable bonds is 4. The average Bonchev–Trinajstić information content (AvgIpc) is 2.16. The van der Waals surface area contributed by atoms with Crippen molar-refractivity contribution in [1.29, 1.82) is 0 Å². The molecule has 0 spiro atoms. The van der Waals surface area contributed by atoms with Gasteiger partial charge in [-0.1, -0.05) is 42.1 Å². The second kappa shape index (κ2) is 5.11. The van der Waals surface area contributed by atoms with Gasteiger partial charge in [-0.3, -0.25) is 0 Å². The predicted octanol–water partition coefficient (Wildman–Crippen LogP) is 2.33. The molecule has 0 aliphatic heterocycles. The third-order valence-electron chi connectivity index (χ3n) is 1.75. The third-order valence-corrected chi connectivity index (χ3v) is 5.23. The Balaban J connectivity index is 2.76. The zero-order chi connectivity index (χ0) is 9.73. The molecule has 1 aromatic rings. The Kier molecular flexibility index (Phi) is 4.40. The predicted molar refractivity (Wildman–Crippen MR) is 62.8 cm³/mol. The largest absolute Gasteiger partial charge is 0.361 e. The molecule has 0 saturated heterocycles. The maximum Gasteiger partial charge on any atom is 0.0914 e. The summed E-state index contributed by atoms with van der Waals surface area (Å²) in [6, 6.07) is 9.48. The highest BCUT2D eigenvalue weighted by atomic mass is 35.5. The molecular formula is C9H12ClOPS. The molecule has 0 aliphatic carbocycles. The van der Waals surface area contributed by atoms with Crippen molar-refractivity contribution < 1.29 is 4.89 Å². The maximum absolute atomic E-state index is 9.98. The minimum Gasteiger partial charge on any atom is -0.361 e. The number of hydrogen-bond donors (Lipinski definition) is 1. The lowest BCUT2D eigenvalue weighted by Gasteiger charge is -2.14. The highest BCUT2D eigenvalue weighted by Crippen LogP contribution is 2.40. The monoisotopic (exact) mass is 234 g/mol. The molecule has 13 heavy (non-hydrogen) atoms. The highest BCUT2D eigenvalue weighted by molar-refractivity contribution is 8.15. The summed E-state index contributed by atoms with van der Waals surface area (Å²) in [4.78, 5) is 9.98. The van der Waals surface area contributed by atoms with Gasteiger partial charge in [0.15, 0.2) is 0 Å². The topological polar surface area (TPSA) is 20.2 Å². The van der Waals surface area contributed by atoms with Crippen LogP contribution in [0.25, 0.3) is 0 Å². The Morgan fingerprint density at radius 2 is 1.92 bits per heavy atom. The van der Waals surface area contributed by atoms with Crippen LogP contribution in [0.1, 0.15) is 6.42 Å². The van der Waals surface area contributed by atoms with Gasteiger partial charge in [-0.25, -0.2) is 0 Å². The van der Waals surface area contributed by atoms with Gasteiger partial charge >= 0.3 is 0 Å². The molecule has 0 aromatic heterocycles. The van der Waals surface area contributed by atoms with Crippen molar-refractivity contribution in [3.63, 3.8) is 0 Å². The lowest BCUT2D eigenvalue weighted by atomic mass is 10.4. The fourth-order valence-electron chi connectivity index (χ4n) is 1.06. The van der Waals surface area contributed by atoms with E-state index < -0.39 is 6.26 Å². The molecule has 1 rings (SSSR count). The van der Waals surface area contributed by atoms with E-state index in [1.54, 1.807) is 0 Å². The second-order valence-electron chi connectivity index (χ2n) is 2.80. The van der Waals surface area contributed by atoms with Crippen molar-refractivity contribution in [2.24, 2.45) is 0 Å². The molecular weight excluding hydrogens is 223 g/mol. The summed E-state index contributed by atoms with van der Waals surface area (Å²) in [6.45, 7) is 0. The smallest absolute Gasteiger partial charge is 0.0914 e. The van der Waals surface area contributed by atoms with E-state index in [2.05, 4.69) is 0 Å². The summed E-state index contributed by atoms with van der Waals surface area (Å²) in [5.74, 6) is 0.561. The first-order valence-electron chi connectivity index (χ1n) is 4.10. The Bertz CT molecular complexity index is 302. The van der Waals surface area contributed by atoms with Gasteiger partial charge in [0.25, 0.3) is 0 Å². The van der Waals surface area contributed by atoms with Crippen LogP contribution >= 0.6 is 17.9 Å². The van der Waals surface area contributed by atoms with E-state index in [4.69, 9.17) is 23.4 Å². The quantitative estimate of drug-likeness (QED) is 0.638. The SMILES string of the molecule is OP(=S)(CCCCl)c1ccccc1. The number of hydrogen-bond acceptors (Lipinski definition) is 1. The fraction of sp³-hybridized carbons (Fsp3) is 0.333. The van der Waals surface area contributed by atoms with Gasteiger partial charge in [-0.05, 0) is 6.42 Å². The van der Waals surface area contributed by atoms with Crippen molar-refractivity contribution in [3.05, 3.63) is 30.3 Å². The molecule has 1 nitrogen and oxygen atoms in total. The summed E-state index contributed by atoms with van der Waals surface area (Å²) in [7, 11) is 0. The van der Waals surface area contributed by atoms with Crippen LogP contribution in [0, 0.1) is 0 Å². The first-order valence-corrected chi connectivity index (χ1v) is 7.58. The molecule has 72 valence electrons. The zero-order valence-electron chi connectivity index (χ0n) is 7.19. The van der Waals surface area contributed by atoms with Crippen molar-refractivity contribution in [1.82, 2.24) is 0 Å². The van der Waals surface area contributed by atoms with Crippen LogP contribution in [0.3, 0.4) is 0 Å². The maximum atomic E-state index is 9.98. The molecule has 1 N–H and O–H groups in total. The van der Waals surface area contributed by atoms with Crippen LogP contribution in [-0.4, -0.2) is 16.9 Å². The molecule has 0 saturated carbocycles. The van der Waals surface area contributed by atoms with Gasteiger partial charge in [-0.15, -0.1) is 11.6 Å². The molecule has 1 atom stereocenters. The molecule has 0 radical (unpaired) electrons. The van der Waals surface area contributed by atoms with Crippen LogP contribution in [0.2, 0.25) is 0 Å². The van der Waals surface area contributed by atoms with Crippen molar-refractivity contribution in [2.75, 3.05) is 12.0 Å². The van der Waals surface area contributed by atoms with Crippen LogP contribution in [-0.2, 0) is 11.8 Å². The first kappa shape index (κ1) is 11.2. The van der Waals surface area contributed by atoms with Crippen LogP contribution < -0.4 is 5.30 Å². The highest BCUT2D eigenvalue weighted by Gasteiger charge is 2.14. The molecule has 0 aliphatic rings. The molecule has 0 heterocycles. The van der Waals surface area contributed by atoms with Gasteiger partial charge in [-0.2, -0.15) is 0 Å². The van der Waals surface area contributed by atoms with E-state index in [9.17, 15) is 4.89 Å². The van der Waals surface area contributed by atoms with Crippen LogP contribution in [0.5, 0.6) is 0 Å². The fourth-order valence-corrected chi connectivity index (χ4v) is 3.62. The summed E-state index contributed by atoms with van der Waals surface area (Å²) in [6.07, 6.45) is -0.896. The minimum absolute atomic E-state index is 0.561. The summed E-state index contributed by atoms with van der Waals surface area (Å²) >= 11 is 10.7. The molecule has 4 heteroatoms. The summed E-state index contributed by atoms with van der Waals surface area (Å²) in [5.41, 5.74) is 0. The Morgan fingerprint density at radius 1 is 1.31 bits per heavy atom. The Morgan fingerprint density at radius 3 is 2.46 bits per heavy atom. The van der Waals surface area contributed by atoms with Gasteiger partial charge in [0.1, 0.15) is 0 Å². The van der Waals surface area contributed by atoms with E-state index in [-0.39, 0.29) is 0 Å². The molecule has 0 bridgehead atoms. The van der Waals surface area contributed by atoms with E-state index in [0.29, 0.717) is 12.0 Å². The minimum atomic E-state index is -2.31. The lowest BCUT2D eigenvalue weighted by molar-refractivity contribution is 0.630. The molecule has 0 fully saturated rings. The normalized spacial score (nSPS) is 15.2. The lowest BCUT2D eigenvalue weighted by Crippen LogP contribution is -2.06. The Labute approximate surface area is 88.8 Å². The standard InChI is InChI=1S/C9H12ClOPS/c10-7-4-8-12(11,13)9-5-2-1-3-6-9/h1-3,5-6H,4,7-8H2,(H,11,13). The average molecular weight is 235 g/mol. The van der Waals surface area contributed by atoms with Gasteiger partial charge in [0.2, 0.25) is 0 Å². The van der Waals surface area contributed by atoms with Gasteiger partial charge in [0.05, 0.1) is 6.26 Å². The van der Waals surface area contributed by atoms with Crippen molar-refractivity contribution in [3.8, 4) is 0 Å². The zero-order valence-corrected chi connectivity index (χ0v) is 9.66. The van der Waals surface area contributed by atoms with Crippen LogP contribution in [0.4, 0.5) is 0 Å². The second-order valence-corrected chi connectivity index (χ2v) is 7.36. The van der Waals surface area contributed by atoms with E-state index in [0.717, 1.165) is 11.7 Å². The number of halogens is 1. The van der Waals surface area contributed by atoms with Crippen molar-refractivity contribution >= 4 is 35.0 Å². The first-order chi connectivity index (χ1) is 6.17. The number of alkyl halides is 1. The molecule has 0 amide bonds. The molecule has 1 unspecified atom stereocenters. The summed E-state index contributed by atoms with van der Waals surface area (Å²) in [5, 5.41) is 0.884. The van der Waals surface area contributed by atoms with Gasteiger partial charge < -0.3 is 4.89 Å². The van der Waals surface area contributed by atoms with E-state index >= 15 is 0 Å². The van der Waals surface area contributed by atoms with Crippen molar-refractivity contribution in [2.45, 2.75) is 6.42 Å². The van der Waals surface area contributed by atoms with E-state index in [1.807, 2.05) is 30.3 Å². The molecule has 1 aromatic carbocycles. The van der Waals surface area contributed by atoms with Crippen LogP contribution in [0.15, 0.2) is 30.3 Å². The number of benzene rings is 1. The summed E-state index contributed by atoms with van der Waals surface area (Å²) < 4.78 is 0. The Hall–Kier alpha value is 0.120. The van der Waals surface area contributed by atoms with Gasteiger partial charge in [0, 0.05) is 17.3 Å².